The fraction of sp³-hybridized carbons (Fsp3) is 0.100. The molecule has 1 aromatic heterocycles. The van der Waals surface area contributed by atoms with Crippen LogP contribution in [0, 0.1) is 0 Å². The fourth-order valence-electron chi connectivity index (χ4n) is 2.48. The molecular formula is C20H17NO4. The normalized spacial score (nSPS) is 10.4. The first kappa shape index (κ1) is 16.7. The Morgan fingerprint density at radius 2 is 1.68 bits per heavy atom. The van der Waals surface area contributed by atoms with Crippen molar-refractivity contribution in [1.29, 1.82) is 0 Å². The van der Waals surface area contributed by atoms with Crippen LogP contribution in [-0.4, -0.2) is 13.0 Å². The fourth-order valence-corrected chi connectivity index (χ4v) is 2.48. The van der Waals surface area contributed by atoms with Crippen molar-refractivity contribution in [3.05, 3.63) is 88.3 Å². The summed E-state index contributed by atoms with van der Waals surface area (Å²) < 4.78 is 10.8. The van der Waals surface area contributed by atoms with Gasteiger partial charge in [-0.2, -0.15) is 0 Å². The lowest BCUT2D eigenvalue weighted by molar-refractivity contribution is 0.102. The Morgan fingerprint density at radius 3 is 2.32 bits per heavy atom. The van der Waals surface area contributed by atoms with E-state index >= 15 is 0 Å². The predicted octanol–water partition coefficient (Wildman–Crippen LogP) is 3.71. The zero-order valence-electron chi connectivity index (χ0n) is 13.7. The number of amides is 1. The Balaban J connectivity index is 2.08. The molecule has 25 heavy (non-hydrogen) atoms. The Bertz CT molecular complexity index is 917. The maximum atomic E-state index is 12.7. The second-order valence-corrected chi connectivity index (χ2v) is 5.40. The molecule has 3 aromatic rings. The molecule has 1 amide bonds. The minimum absolute atomic E-state index is 0.0325. The van der Waals surface area contributed by atoms with Crippen molar-refractivity contribution in [2.45, 2.75) is 6.61 Å². The summed E-state index contributed by atoms with van der Waals surface area (Å²) in [6.07, 6.45) is 0. The van der Waals surface area contributed by atoms with Crippen molar-refractivity contribution in [2.24, 2.45) is 0 Å². The quantitative estimate of drug-likeness (QED) is 0.772. The van der Waals surface area contributed by atoms with Gasteiger partial charge in [-0.15, -0.1) is 0 Å². The van der Waals surface area contributed by atoms with E-state index in [9.17, 15) is 9.59 Å². The van der Waals surface area contributed by atoms with Gasteiger partial charge < -0.3 is 14.5 Å². The second kappa shape index (κ2) is 7.59. The number of carbonyl (C=O) groups is 1. The Hall–Kier alpha value is -3.18. The highest BCUT2D eigenvalue weighted by Crippen LogP contribution is 2.24. The van der Waals surface area contributed by atoms with E-state index < -0.39 is 11.3 Å². The van der Waals surface area contributed by atoms with Crippen molar-refractivity contribution in [2.75, 3.05) is 12.4 Å². The van der Waals surface area contributed by atoms with Crippen LogP contribution in [0.5, 0.6) is 0 Å². The molecule has 0 radical (unpaired) electrons. The van der Waals surface area contributed by atoms with Crippen LogP contribution in [0.3, 0.4) is 0 Å². The van der Waals surface area contributed by atoms with Crippen molar-refractivity contribution in [1.82, 2.24) is 0 Å². The standard InChI is InChI=1S/C20H17NO4/c1-24-13-16-12-17(22)18(19(25-16)14-8-4-2-5-9-14)20(23)21-15-10-6-3-7-11-15/h2-12H,13H2,1H3,(H,21,23). The van der Waals surface area contributed by atoms with Crippen LogP contribution in [-0.2, 0) is 11.3 Å². The predicted molar refractivity (Wildman–Crippen MR) is 95.5 cm³/mol. The monoisotopic (exact) mass is 335 g/mol. The van der Waals surface area contributed by atoms with Crippen molar-refractivity contribution < 1.29 is 13.9 Å². The summed E-state index contributed by atoms with van der Waals surface area (Å²) in [5.41, 5.74) is 0.808. The number of rotatable bonds is 5. The molecule has 126 valence electrons. The van der Waals surface area contributed by atoms with Gasteiger partial charge in [0.15, 0.2) is 11.2 Å². The highest BCUT2D eigenvalue weighted by molar-refractivity contribution is 6.07. The lowest BCUT2D eigenvalue weighted by Gasteiger charge is -2.11. The van der Waals surface area contributed by atoms with Crippen LogP contribution in [0.15, 0.2) is 75.9 Å². The second-order valence-electron chi connectivity index (χ2n) is 5.40. The van der Waals surface area contributed by atoms with Crippen LogP contribution in [0.25, 0.3) is 11.3 Å². The summed E-state index contributed by atoms with van der Waals surface area (Å²) in [7, 11) is 1.51. The van der Waals surface area contributed by atoms with Crippen LogP contribution >= 0.6 is 0 Å². The Kier molecular flexibility index (Phi) is 5.06. The molecule has 0 saturated carbocycles. The lowest BCUT2D eigenvalue weighted by atomic mass is 10.1. The van der Waals surface area contributed by atoms with Gasteiger partial charge in [0.25, 0.3) is 5.91 Å². The molecule has 2 aromatic carbocycles. The van der Waals surface area contributed by atoms with E-state index in [1.807, 2.05) is 24.3 Å². The molecule has 1 heterocycles. The van der Waals surface area contributed by atoms with E-state index in [2.05, 4.69) is 5.32 Å². The van der Waals surface area contributed by atoms with Gasteiger partial charge in [0.1, 0.15) is 17.9 Å². The van der Waals surface area contributed by atoms with E-state index in [4.69, 9.17) is 9.15 Å². The van der Waals surface area contributed by atoms with E-state index in [1.165, 1.54) is 13.2 Å². The molecule has 0 aliphatic heterocycles. The zero-order valence-corrected chi connectivity index (χ0v) is 13.7. The number of anilines is 1. The summed E-state index contributed by atoms with van der Waals surface area (Å²) in [4.78, 5) is 25.3. The van der Waals surface area contributed by atoms with Crippen LogP contribution in [0.4, 0.5) is 5.69 Å². The SMILES string of the molecule is COCc1cc(=O)c(C(=O)Nc2ccccc2)c(-c2ccccc2)o1. The number of para-hydroxylation sites is 1. The number of hydrogen-bond donors (Lipinski definition) is 1. The molecule has 5 heteroatoms. The number of carbonyl (C=O) groups excluding carboxylic acids is 1. The largest absolute Gasteiger partial charge is 0.457 e. The van der Waals surface area contributed by atoms with Gasteiger partial charge >= 0.3 is 0 Å². The molecule has 0 aliphatic rings. The molecule has 1 N–H and O–H groups in total. The smallest absolute Gasteiger partial charge is 0.263 e. The van der Waals surface area contributed by atoms with Gasteiger partial charge in [-0.1, -0.05) is 48.5 Å². The summed E-state index contributed by atoms with van der Waals surface area (Å²) in [5, 5.41) is 2.73. The third-order valence-corrected chi connectivity index (χ3v) is 3.58. The first-order valence-electron chi connectivity index (χ1n) is 7.77. The third-order valence-electron chi connectivity index (χ3n) is 3.58. The number of nitrogens with one attached hydrogen (secondary N) is 1. The van der Waals surface area contributed by atoms with Crippen molar-refractivity contribution in [3.63, 3.8) is 0 Å². The minimum atomic E-state index is -0.511. The first-order valence-corrected chi connectivity index (χ1v) is 7.77. The van der Waals surface area contributed by atoms with Gasteiger partial charge in [0.2, 0.25) is 0 Å². The molecule has 0 unspecified atom stereocenters. The Morgan fingerprint density at radius 1 is 1.04 bits per heavy atom. The van der Waals surface area contributed by atoms with Crippen molar-refractivity contribution in [3.8, 4) is 11.3 Å². The van der Waals surface area contributed by atoms with E-state index in [0.29, 0.717) is 17.0 Å². The zero-order chi connectivity index (χ0) is 17.6. The highest BCUT2D eigenvalue weighted by atomic mass is 16.5. The number of ether oxygens (including phenoxy) is 1. The molecule has 0 atom stereocenters. The van der Waals surface area contributed by atoms with Gasteiger partial charge in [0.05, 0.1) is 0 Å². The number of hydrogen-bond acceptors (Lipinski definition) is 4. The van der Waals surface area contributed by atoms with Crippen LogP contribution in [0.2, 0.25) is 0 Å². The van der Waals surface area contributed by atoms with Gasteiger partial charge in [-0.25, -0.2) is 0 Å². The summed E-state index contributed by atoms with van der Waals surface area (Å²) in [6.45, 7) is 0.148. The molecule has 0 aliphatic carbocycles. The van der Waals surface area contributed by atoms with Gasteiger partial charge in [-0.05, 0) is 12.1 Å². The van der Waals surface area contributed by atoms with E-state index in [0.717, 1.165) is 0 Å². The van der Waals surface area contributed by atoms with Crippen LogP contribution in [0.1, 0.15) is 16.1 Å². The molecule has 0 spiro atoms. The molecule has 0 saturated heterocycles. The first-order chi connectivity index (χ1) is 12.2. The molecule has 3 rings (SSSR count). The van der Waals surface area contributed by atoms with Gasteiger partial charge in [0, 0.05) is 24.4 Å². The Labute approximate surface area is 144 Å². The highest BCUT2D eigenvalue weighted by Gasteiger charge is 2.21. The van der Waals surface area contributed by atoms with Crippen LogP contribution < -0.4 is 10.7 Å². The van der Waals surface area contributed by atoms with Gasteiger partial charge in [-0.3, -0.25) is 9.59 Å². The summed E-state index contributed by atoms with van der Waals surface area (Å²) in [6, 6.07) is 19.3. The molecule has 0 bridgehead atoms. The maximum Gasteiger partial charge on any atom is 0.263 e. The molecular weight excluding hydrogens is 318 g/mol. The molecule has 0 fully saturated rings. The minimum Gasteiger partial charge on any atom is -0.457 e. The van der Waals surface area contributed by atoms with E-state index in [-0.39, 0.29) is 17.9 Å². The number of methoxy groups -OCH3 is 1. The molecule has 5 nitrogen and oxygen atoms in total. The number of benzene rings is 2. The summed E-state index contributed by atoms with van der Waals surface area (Å²) >= 11 is 0. The summed E-state index contributed by atoms with van der Waals surface area (Å²) in [5.74, 6) is 0.0824. The topological polar surface area (TPSA) is 68.5 Å². The average molecular weight is 335 g/mol. The van der Waals surface area contributed by atoms with E-state index in [1.54, 1.807) is 36.4 Å². The average Bonchev–Trinajstić information content (AvgIpc) is 2.63. The maximum absolute atomic E-state index is 12.7. The lowest BCUT2D eigenvalue weighted by Crippen LogP contribution is -2.23. The van der Waals surface area contributed by atoms with Crippen molar-refractivity contribution >= 4 is 11.6 Å². The third kappa shape index (κ3) is 3.84.